The Morgan fingerprint density at radius 2 is 1.95 bits per heavy atom. The summed E-state index contributed by atoms with van der Waals surface area (Å²) in [5.74, 6) is 0.205. The molecule has 21 heavy (non-hydrogen) atoms. The predicted octanol–water partition coefficient (Wildman–Crippen LogP) is 3.34. The maximum Gasteiger partial charge on any atom is 0.273 e. The van der Waals surface area contributed by atoms with E-state index in [2.05, 4.69) is 4.98 Å². The molecule has 0 aliphatic heterocycles. The van der Waals surface area contributed by atoms with Gasteiger partial charge in [-0.05, 0) is 38.1 Å². The lowest BCUT2D eigenvalue weighted by molar-refractivity contribution is 0.0767. The summed E-state index contributed by atoms with van der Waals surface area (Å²) in [5.41, 5.74) is 0.446. The number of aromatic nitrogens is 1. The number of carbonyl (C=O) groups excluding carboxylic acids is 1. The Hall–Kier alpha value is -1.95. The van der Waals surface area contributed by atoms with Gasteiger partial charge in [0, 0.05) is 18.5 Å². The summed E-state index contributed by atoms with van der Waals surface area (Å²) in [6, 6.07) is 5.80. The highest BCUT2D eigenvalue weighted by molar-refractivity contribution is 7.09. The number of amides is 1. The number of rotatable bonds is 6. The van der Waals surface area contributed by atoms with Crippen molar-refractivity contribution >= 4 is 17.2 Å². The molecule has 0 saturated carbocycles. The molecular formula is C15H17FN2O2S. The van der Waals surface area contributed by atoms with Gasteiger partial charge in [-0.2, -0.15) is 0 Å². The van der Waals surface area contributed by atoms with Crippen molar-refractivity contribution in [3.8, 4) is 5.75 Å². The van der Waals surface area contributed by atoms with Crippen molar-refractivity contribution in [3.05, 3.63) is 46.2 Å². The van der Waals surface area contributed by atoms with Crippen LogP contribution < -0.4 is 4.74 Å². The largest absolute Gasteiger partial charge is 0.486 e. The van der Waals surface area contributed by atoms with E-state index in [1.54, 1.807) is 22.4 Å². The maximum absolute atomic E-state index is 12.8. The fourth-order valence-electron chi connectivity index (χ4n) is 1.82. The fraction of sp³-hybridized carbons (Fsp3) is 0.333. The zero-order valence-corrected chi connectivity index (χ0v) is 12.8. The van der Waals surface area contributed by atoms with Gasteiger partial charge in [0.05, 0.1) is 0 Å². The molecule has 0 saturated heterocycles. The Kier molecular flexibility index (Phi) is 5.27. The number of nitrogens with zero attached hydrogens (tertiary/aromatic N) is 2. The van der Waals surface area contributed by atoms with Crippen molar-refractivity contribution in [1.29, 1.82) is 0 Å². The standard InChI is InChI=1S/C15H17FN2O2S/c1-3-18(4-2)15(19)13-10-21-14(17-13)9-20-12-7-5-11(16)6-8-12/h5-8,10H,3-4,9H2,1-2H3. The van der Waals surface area contributed by atoms with E-state index in [-0.39, 0.29) is 18.3 Å². The minimum Gasteiger partial charge on any atom is -0.486 e. The van der Waals surface area contributed by atoms with Crippen LogP contribution in [-0.2, 0) is 6.61 Å². The number of ether oxygens (including phenoxy) is 1. The smallest absolute Gasteiger partial charge is 0.273 e. The van der Waals surface area contributed by atoms with E-state index in [0.717, 1.165) is 5.01 Å². The molecule has 0 spiro atoms. The second-order valence-corrected chi connectivity index (χ2v) is 5.29. The topological polar surface area (TPSA) is 42.4 Å². The van der Waals surface area contributed by atoms with Crippen LogP contribution in [0.3, 0.4) is 0 Å². The summed E-state index contributed by atoms with van der Waals surface area (Å²) in [6.07, 6.45) is 0. The molecule has 0 fully saturated rings. The van der Waals surface area contributed by atoms with Crippen LogP contribution in [0.5, 0.6) is 5.75 Å². The third-order valence-electron chi connectivity index (χ3n) is 3.00. The quantitative estimate of drug-likeness (QED) is 0.822. The predicted molar refractivity (Wildman–Crippen MR) is 80.1 cm³/mol. The molecule has 0 radical (unpaired) electrons. The zero-order chi connectivity index (χ0) is 15.2. The molecule has 1 heterocycles. The maximum atomic E-state index is 12.8. The summed E-state index contributed by atoms with van der Waals surface area (Å²) >= 11 is 1.38. The Balaban J connectivity index is 1.97. The van der Waals surface area contributed by atoms with E-state index in [9.17, 15) is 9.18 Å². The third-order valence-corrected chi connectivity index (χ3v) is 3.82. The molecule has 1 aromatic heterocycles. The van der Waals surface area contributed by atoms with Gasteiger partial charge in [-0.25, -0.2) is 9.37 Å². The van der Waals surface area contributed by atoms with Crippen LogP contribution >= 0.6 is 11.3 Å². The van der Waals surface area contributed by atoms with E-state index in [1.165, 1.54) is 23.5 Å². The van der Waals surface area contributed by atoms with E-state index in [1.807, 2.05) is 13.8 Å². The molecule has 0 aliphatic rings. The van der Waals surface area contributed by atoms with Crippen LogP contribution in [0.15, 0.2) is 29.6 Å². The number of carbonyl (C=O) groups is 1. The van der Waals surface area contributed by atoms with Crippen molar-refractivity contribution in [1.82, 2.24) is 9.88 Å². The van der Waals surface area contributed by atoms with Crippen molar-refractivity contribution in [2.45, 2.75) is 20.5 Å². The van der Waals surface area contributed by atoms with Gasteiger partial charge in [-0.1, -0.05) is 0 Å². The van der Waals surface area contributed by atoms with Crippen molar-refractivity contribution < 1.29 is 13.9 Å². The summed E-state index contributed by atoms with van der Waals surface area (Å²) < 4.78 is 18.3. The van der Waals surface area contributed by atoms with Crippen LogP contribution in [-0.4, -0.2) is 28.9 Å². The first kappa shape index (κ1) is 15.4. The lowest BCUT2D eigenvalue weighted by Gasteiger charge is -2.16. The normalized spacial score (nSPS) is 10.4. The third kappa shape index (κ3) is 4.01. The summed E-state index contributed by atoms with van der Waals surface area (Å²) in [5, 5.41) is 2.46. The summed E-state index contributed by atoms with van der Waals surface area (Å²) in [4.78, 5) is 18.1. The first-order valence-electron chi connectivity index (χ1n) is 6.76. The lowest BCUT2D eigenvalue weighted by Crippen LogP contribution is -2.30. The monoisotopic (exact) mass is 308 g/mol. The van der Waals surface area contributed by atoms with Gasteiger partial charge in [-0.15, -0.1) is 11.3 Å². The number of hydrogen-bond donors (Lipinski definition) is 0. The SMILES string of the molecule is CCN(CC)C(=O)c1csc(COc2ccc(F)cc2)n1. The molecular weight excluding hydrogens is 291 g/mol. The molecule has 0 atom stereocenters. The summed E-state index contributed by atoms with van der Waals surface area (Å²) in [7, 11) is 0. The number of hydrogen-bond acceptors (Lipinski definition) is 4. The van der Waals surface area contributed by atoms with Gasteiger partial charge in [-0.3, -0.25) is 4.79 Å². The highest BCUT2D eigenvalue weighted by atomic mass is 32.1. The van der Waals surface area contributed by atoms with E-state index in [4.69, 9.17) is 4.74 Å². The Morgan fingerprint density at radius 1 is 1.29 bits per heavy atom. The van der Waals surface area contributed by atoms with Gasteiger partial charge in [0.1, 0.15) is 28.9 Å². The van der Waals surface area contributed by atoms with Crippen LogP contribution in [0.25, 0.3) is 0 Å². The zero-order valence-electron chi connectivity index (χ0n) is 12.0. The number of benzene rings is 1. The molecule has 2 aromatic rings. The summed E-state index contributed by atoms with van der Waals surface area (Å²) in [6.45, 7) is 5.46. The van der Waals surface area contributed by atoms with Crippen LogP contribution in [0, 0.1) is 5.82 Å². The molecule has 0 unspecified atom stereocenters. The molecule has 1 amide bonds. The molecule has 4 nitrogen and oxygen atoms in total. The van der Waals surface area contributed by atoms with Gasteiger partial charge in [0.2, 0.25) is 0 Å². The Labute approximate surface area is 127 Å². The first-order valence-corrected chi connectivity index (χ1v) is 7.64. The Morgan fingerprint density at radius 3 is 2.57 bits per heavy atom. The molecule has 0 bridgehead atoms. The second-order valence-electron chi connectivity index (χ2n) is 4.35. The molecule has 6 heteroatoms. The molecule has 0 N–H and O–H groups in total. The van der Waals surface area contributed by atoms with Crippen LogP contribution in [0.1, 0.15) is 29.3 Å². The second kappa shape index (κ2) is 7.17. The van der Waals surface area contributed by atoms with Gasteiger partial charge in [0.25, 0.3) is 5.91 Å². The van der Waals surface area contributed by atoms with Gasteiger partial charge >= 0.3 is 0 Å². The minimum atomic E-state index is -0.302. The molecule has 0 aliphatic carbocycles. The fourth-order valence-corrected chi connectivity index (χ4v) is 2.50. The van der Waals surface area contributed by atoms with Crippen LogP contribution in [0.4, 0.5) is 4.39 Å². The number of halogens is 1. The lowest BCUT2D eigenvalue weighted by atomic mass is 10.3. The molecule has 2 rings (SSSR count). The van der Waals surface area contributed by atoms with E-state index in [0.29, 0.717) is 24.5 Å². The van der Waals surface area contributed by atoms with E-state index >= 15 is 0 Å². The first-order chi connectivity index (χ1) is 10.1. The highest BCUT2D eigenvalue weighted by Crippen LogP contribution is 2.16. The molecule has 1 aromatic carbocycles. The average Bonchev–Trinajstić information content (AvgIpc) is 2.97. The van der Waals surface area contributed by atoms with Gasteiger partial charge in [0.15, 0.2) is 0 Å². The Bertz CT molecular complexity index is 594. The molecule has 112 valence electrons. The van der Waals surface area contributed by atoms with Crippen LogP contribution in [0.2, 0.25) is 0 Å². The average molecular weight is 308 g/mol. The van der Waals surface area contributed by atoms with Crippen molar-refractivity contribution in [2.75, 3.05) is 13.1 Å². The number of thiazole rings is 1. The van der Waals surface area contributed by atoms with Crippen molar-refractivity contribution in [3.63, 3.8) is 0 Å². The minimum absolute atomic E-state index is 0.0655. The highest BCUT2D eigenvalue weighted by Gasteiger charge is 2.16. The van der Waals surface area contributed by atoms with E-state index < -0.39 is 0 Å². The van der Waals surface area contributed by atoms with Gasteiger partial charge < -0.3 is 9.64 Å². The van der Waals surface area contributed by atoms with Crippen molar-refractivity contribution in [2.24, 2.45) is 0 Å².